The zero-order valence-electron chi connectivity index (χ0n) is 15.1. The van der Waals surface area contributed by atoms with Crippen LogP contribution in [-0.2, 0) is 0 Å². The summed E-state index contributed by atoms with van der Waals surface area (Å²) < 4.78 is 12.1. The molecule has 4 rings (SSSR count). The Morgan fingerprint density at radius 2 is 1.48 bits per heavy atom. The van der Waals surface area contributed by atoms with Crippen LogP contribution in [0.2, 0.25) is 5.02 Å². The number of hydrogen-bond acceptors (Lipinski definition) is 4. The lowest BCUT2D eigenvalue weighted by Gasteiger charge is -2.21. The van der Waals surface area contributed by atoms with Crippen molar-refractivity contribution in [1.29, 1.82) is 0 Å². The first kappa shape index (κ1) is 19.7. The van der Waals surface area contributed by atoms with Gasteiger partial charge < -0.3 is 14.8 Å². The number of halogens is 2. The zero-order chi connectivity index (χ0) is 20.4. The maximum atomic E-state index is 13.3. The summed E-state index contributed by atoms with van der Waals surface area (Å²) in [5, 5.41) is 3.13. The van der Waals surface area contributed by atoms with E-state index in [9.17, 15) is 9.59 Å². The maximum Gasteiger partial charge on any atom is 0.257 e. The Hall–Kier alpha value is -2.58. The lowest BCUT2D eigenvalue weighted by atomic mass is 10.0. The highest BCUT2D eigenvalue weighted by Crippen LogP contribution is 2.37. The van der Waals surface area contributed by atoms with Crippen LogP contribution in [0.15, 0.2) is 60.7 Å². The molecule has 1 aliphatic rings. The van der Waals surface area contributed by atoms with E-state index in [1.54, 1.807) is 48.5 Å². The number of amides is 1. The van der Waals surface area contributed by atoms with E-state index in [0.717, 1.165) is 3.57 Å². The van der Waals surface area contributed by atoms with Gasteiger partial charge in [-0.15, -0.1) is 0 Å². The number of fused-ring (bicyclic) bond motifs is 1. The van der Waals surface area contributed by atoms with Crippen molar-refractivity contribution in [3.05, 3.63) is 85.9 Å². The van der Waals surface area contributed by atoms with Gasteiger partial charge in [-0.05, 0) is 52.9 Å². The van der Waals surface area contributed by atoms with Crippen molar-refractivity contribution in [2.75, 3.05) is 18.5 Å². The molecule has 0 spiro atoms. The molecule has 0 saturated heterocycles. The molecule has 29 heavy (non-hydrogen) atoms. The Balaban J connectivity index is 1.78. The van der Waals surface area contributed by atoms with Crippen LogP contribution < -0.4 is 14.8 Å². The summed E-state index contributed by atoms with van der Waals surface area (Å²) in [6.45, 7) is 0.795. The fraction of sp³-hybridized carbons (Fsp3) is 0.0909. The van der Waals surface area contributed by atoms with Gasteiger partial charge in [0.2, 0.25) is 0 Å². The van der Waals surface area contributed by atoms with Gasteiger partial charge >= 0.3 is 0 Å². The van der Waals surface area contributed by atoms with Gasteiger partial charge in [-0.1, -0.05) is 35.9 Å². The average molecular weight is 520 g/mol. The fourth-order valence-electron chi connectivity index (χ4n) is 3.01. The van der Waals surface area contributed by atoms with Crippen molar-refractivity contribution >= 4 is 51.6 Å². The first-order chi connectivity index (χ1) is 14.0. The number of benzene rings is 3. The van der Waals surface area contributed by atoms with E-state index >= 15 is 0 Å². The molecule has 7 heteroatoms. The van der Waals surface area contributed by atoms with Gasteiger partial charge in [-0.2, -0.15) is 0 Å². The molecule has 0 aromatic heterocycles. The van der Waals surface area contributed by atoms with Crippen molar-refractivity contribution in [2.24, 2.45) is 0 Å². The summed E-state index contributed by atoms with van der Waals surface area (Å²) in [6, 6.07) is 17.2. The molecule has 1 aliphatic heterocycles. The summed E-state index contributed by atoms with van der Waals surface area (Å²) in [4.78, 5) is 26.1. The molecule has 1 amide bonds. The monoisotopic (exact) mass is 519 g/mol. The number of ether oxygens (including phenoxy) is 2. The van der Waals surface area contributed by atoms with E-state index in [1.165, 1.54) is 0 Å². The van der Waals surface area contributed by atoms with E-state index in [0.29, 0.717) is 52.1 Å². The number of carbonyl (C=O) groups is 2. The SMILES string of the molecule is O=C(Nc1cc2c(cc1C(=O)c1ccccc1I)OCCO2)c1ccccc1Cl. The Morgan fingerprint density at radius 1 is 0.862 bits per heavy atom. The van der Waals surface area contributed by atoms with Crippen molar-refractivity contribution in [3.63, 3.8) is 0 Å². The van der Waals surface area contributed by atoms with Gasteiger partial charge in [-0.25, -0.2) is 0 Å². The van der Waals surface area contributed by atoms with Gasteiger partial charge in [0.05, 0.1) is 21.8 Å². The summed E-state index contributed by atoms with van der Waals surface area (Å²) >= 11 is 8.26. The number of hydrogen-bond donors (Lipinski definition) is 1. The van der Waals surface area contributed by atoms with Crippen LogP contribution in [-0.4, -0.2) is 24.9 Å². The summed E-state index contributed by atoms with van der Waals surface area (Å²) in [7, 11) is 0. The molecule has 0 radical (unpaired) electrons. The standard InChI is InChI=1S/C22H15ClINO4/c23-16-7-3-1-5-13(16)22(27)25-18-12-20-19(28-9-10-29-20)11-15(18)21(26)14-6-2-4-8-17(14)24/h1-8,11-12H,9-10H2,(H,25,27). The smallest absolute Gasteiger partial charge is 0.257 e. The lowest BCUT2D eigenvalue weighted by molar-refractivity contribution is 0.102. The summed E-state index contributed by atoms with van der Waals surface area (Å²) in [6.07, 6.45) is 0. The first-order valence-electron chi connectivity index (χ1n) is 8.83. The molecule has 3 aromatic rings. The van der Waals surface area contributed by atoms with Crippen molar-refractivity contribution in [2.45, 2.75) is 0 Å². The minimum absolute atomic E-state index is 0.221. The molecular formula is C22H15ClINO4. The molecule has 146 valence electrons. The minimum atomic E-state index is -0.413. The fourth-order valence-corrected chi connectivity index (χ4v) is 3.86. The second-order valence-electron chi connectivity index (χ2n) is 6.28. The normalized spacial score (nSPS) is 12.3. The molecule has 0 unspecified atom stereocenters. The minimum Gasteiger partial charge on any atom is -0.486 e. The van der Waals surface area contributed by atoms with Crippen LogP contribution in [0.3, 0.4) is 0 Å². The number of ketones is 1. The Morgan fingerprint density at radius 3 is 2.17 bits per heavy atom. The van der Waals surface area contributed by atoms with Crippen LogP contribution in [0.25, 0.3) is 0 Å². The lowest BCUT2D eigenvalue weighted by Crippen LogP contribution is -2.19. The van der Waals surface area contributed by atoms with Gasteiger partial charge in [0.1, 0.15) is 13.2 Å². The van der Waals surface area contributed by atoms with Crippen molar-refractivity contribution in [1.82, 2.24) is 0 Å². The highest BCUT2D eigenvalue weighted by molar-refractivity contribution is 14.1. The largest absolute Gasteiger partial charge is 0.486 e. The third kappa shape index (κ3) is 4.09. The van der Waals surface area contributed by atoms with Gasteiger partial charge in [-0.3, -0.25) is 9.59 Å². The summed E-state index contributed by atoms with van der Waals surface area (Å²) in [5.74, 6) is 0.316. The summed E-state index contributed by atoms with van der Waals surface area (Å²) in [5.41, 5.74) is 1.51. The molecule has 1 heterocycles. The van der Waals surface area contributed by atoms with E-state index < -0.39 is 5.91 Å². The molecule has 1 N–H and O–H groups in total. The van der Waals surface area contributed by atoms with Gasteiger partial charge in [0.25, 0.3) is 5.91 Å². The predicted octanol–water partition coefficient (Wildman–Crippen LogP) is 5.20. The Labute approximate surface area is 186 Å². The van der Waals surface area contributed by atoms with Crippen LogP contribution in [0.5, 0.6) is 11.5 Å². The molecule has 0 atom stereocenters. The van der Waals surface area contributed by atoms with Crippen LogP contribution in [0.4, 0.5) is 5.69 Å². The molecule has 0 fully saturated rings. The quantitative estimate of drug-likeness (QED) is 0.380. The van der Waals surface area contributed by atoms with E-state index in [4.69, 9.17) is 21.1 Å². The maximum absolute atomic E-state index is 13.3. The van der Waals surface area contributed by atoms with Crippen LogP contribution >= 0.6 is 34.2 Å². The van der Waals surface area contributed by atoms with E-state index in [1.807, 2.05) is 12.1 Å². The van der Waals surface area contributed by atoms with Gasteiger partial charge in [0.15, 0.2) is 17.3 Å². The molecule has 3 aromatic carbocycles. The number of rotatable bonds is 4. The Kier molecular flexibility index (Phi) is 5.73. The molecule has 0 bridgehead atoms. The highest BCUT2D eigenvalue weighted by Gasteiger charge is 2.23. The van der Waals surface area contributed by atoms with Gasteiger partial charge in [0, 0.05) is 15.2 Å². The van der Waals surface area contributed by atoms with Crippen molar-refractivity contribution < 1.29 is 19.1 Å². The first-order valence-corrected chi connectivity index (χ1v) is 10.3. The van der Waals surface area contributed by atoms with Crippen LogP contribution in [0.1, 0.15) is 26.3 Å². The van der Waals surface area contributed by atoms with E-state index in [2.05, 4.69) is 27.9 Å². The third-order valence-electron chi connectivity index (χ3n) is 4.41. The molecular weight excluding hydrogens is 505 g/mol. The highest BCUT2D eigenvalue weighted by atomic mass is 127. The number of anilines is 1. The Bertz CT molecular complexity index is 1120. The van der Waals surface area contributed by atoms with Crippen LogP contribution in [0, 0.1) is 3.57 Å². The third-order valence-corrected chi connectivity index (χ3v) is 5.68. The number of nitrogens with one attached hydrogen (secondary N) is 1. The van der Waals surface area contributed by atoms with Crippen molar-refractivity contribution in [3.8, 4) is 11.5 Å². The zero-order valence-corrected chi connectivity index (χ0v) is 18.0. The molecule has 0 aliphatic carbocycles. The number of carbonyl (C=O) groups excluding carboxylic acids is 2. The second kappa shape index (κ2) is 8.42. The topological polar surface area (TPSA) is 64.6 Å². The predicted molar refractivity (Wildman–Crippen MR) is 119 cm³/mol. The molecule has 5 nitrogen and oxygen atoms in total. The van der Waals surface area contributed by atoms with E-state index in [-0.39, 0.29) is 5.78 Å². The molecule has 0 saturated carbocycles. The second-order valence-corrected chi connectivity index (χ2v) is 7.85. The average Bonchev–Trinajstić information content (AvgIpc) is 2.73.